The van der Waals surface area contributed by atoms with Crippen molar-refractivity contribution in [2.45, 2.75) is 51.1 Å². The second-order valence-corrected chi connectivity index (χ2v) is 6.31. The van der Waals surface area contributed by atoms with Crippen molar-refractivity contribution in [2.75, 3.05) is 18.1 Å². The fourth-order valence-corrected chi connectivity index (χ4v) is 2.66. The van der Waals surface area contributed by atoms with Crippen LogP contribution < -0.4 is 10.6 Å². The molecule has 0 radical (unpaired) electrons. The molecule has 1 aliphatic carbocycles. The molecule has 6 heteroatoms. The SMILES string of the molecule is CCCNC(=O)CSCCC(C)(NC1CC1)C(=O)O. The van der Waals surface area contributed by atoms with Crippen LogP contribution in [0.1, 0.15) is 39.5 Å². The van der Waals surface area contributed by atoms with Crippen molar-refractivity contribution in [1.82, 2.24) is 10.6 Å². The highest BCUT2D eigenvalue weighted by Gasteiger charge is 2.37. The van der Waals surface area contributed by atoms with Gasteiger partial charge in [-0.2, -0.15) is 11.8 Å². The minimum atomic E-state index is -0.867. The molecule has 1 rings (SSSR count). The van der Waals surface area contributed by atoms with Gasteiger partial charge in [-0.15, -0.1) is 0 Å². The van der Waals surface area contributed by atoms with Crippen molar-refractivity contribution in [3.8, 4) is 0 Å². The predicted molar refractivity (Wildman–Crippen MR) is 77.4 cm³/mol. The third-order valence-electron chi connectivity index (χ3n) is 3.12. The molecule has 1 amide bonds. The number of rotatable bonds is 10. The molecular formula is C13H24N2O3S. The van der Waals surface area contributed by atoms with E-state index >= 15 is 0 Å². The number of aliphatic carboxylic acids is 1. The van der Waals surface area contributed by atoms with Crippen molar-refractivity contribution in [2.24, 2.45) is 0 Å². The van der Waals surface area contributed by atoms with Crippen LogP contribution in [-0.2, 0) is 9.59 Å². The maximum atomic E-state index is 11.4. The molecule has 1 aliphatic rings. The zero-order valence-corrected chi connectivity index (χ0v) is 12.5. The summed E-state index contributed by atoms with van der Waals surface area (Å²) in [5, 5.41) is 15.3. The van der Waals surface area contributed by atoms with Gasteiger partial charge in [0.2, 0.25) is 5.91 Å². The fourth-order valence-electron chi connectivity index (χ4n) is 1.68. The van der Waals surface area contributed by atoms with Crippen molar-refractivity contribution >= 4 is 23.6 Å². The lowest BCUT2D eigenvalue weighted by molar-refractivity contribution is -0.144. The zero-order valence-electron chi connectivity index (χ0n) is 11.7. The van der Waals surface area contributed by atoms with E-state index in [1.807, 2.05) is 6.92 Å². The minimum absolute atomic E-state index is 0.0269. The topological polar surface area (TPSA) is 78.4 Å². The van der Waals surface area contributed by atoms with Gasteiger partial charge in [0.05, 0.1) is 5.75 Å². The molecule has 1 unspecified atom stereocenters. The van der Waals surface area contributed by atoms with Crippen LogP contribution in [0, 0.1) is 0 Å². The van der Waals surface area contributed by atoms with Gasteiger partial charge in [-0.3, -0.25) is 14.9 Å². The first-order chi connectivity index (χ1) is 8.98. The normalized spacial score (nSPS) is 17.8. The number of carboxylic acids is 1. The number of carbonyl (C=O) groups excluding carboxylic acids is 1. The smallest absolute Gasteiger partial charge is 0.323 e. The molecule has 1 saturated carbocycles. The lowest BCUT2D eigenvalue weighted by Gasteiger charge is -2.26. The Morgan fingerprint density at radius 3 is 2.63 bits per heavy atom. The molecule has 110 valence electrons. The van der Waals surface area contributed by atoms with Crippen LogP contribution in [0.5, 0.6) is 0 Å². The van der Waals surface area contributed by atoms with Gasteiger partial charge in [-0.05, 0) is 38.4 Å². The van der Waals surface area contributed by atoms with E-state index in [4.69, 9.17) is 0 Å². The Bertz CT molecular complexity index is 321. The lowest BCUT2D eigenvalue weighted by Crippen LogP contribution is -2.51. The summed E-state index contributed by atoms with van der Waals surface area (Å²) in [6.07, 6.45) is 3.59. The highest BCUT2D eigenvalue weighted by atomic mass is 32.2. The maximum Gasteiger partial charge on any atom is 0.323 e. The van der Waals surface area contributed by atoms with Crippen LogP contribution in [-0.4, -0.2) is 46.6 Å². The first kappa shape index (κ1) is 16.3. The van der Waals surface area contributed by atoms with E-state index in [9.17, 15) is 14.7 Å². The highest BCUT2D eigenvalue weighted by Crippen LogP contribution is 2.25. The highest BCUT2D eigenvalue weighted by molar-refractivity contribution is 7.99. The molecule has 5 nitrogen and oxygen atoms in total. The van der Waals surface area contributed by atoms with E-state index in [-0.39, 0.29) is 5.91 Å². The molecular weight excluding hydrogens is 264 g/mol. The number of carboxylic acid groups (broad SMARTS) is 1. The molecule has 19 heavy (non-hydrogen) atoms. The first-order valence-electron chi connectivity index (χ1n) is 6.83. The number of hydrogen-bond donors (Lipinski definition) is 3. The average Bonchev–Trinajstić information content (AvgIpc) is 3.15. The fraction of sp³-hybridized carbons (Fsp3) is 0.846. The van der Waals surface area contributed by atoms with Crippen LogP contribution in [0.2, 0.25) is 0 Å². The molecule has 0 spiro atoms. The van der Waals surface area contributed by atoms with Gasteiger partial charge >= 0.3 is 5.97 Å². The van der Waals surface area contributed by atoms with Crippen molar-refractivity contribution in [1.29, 1.82) is 0 Å². The Kier molecular flexibility index (Phi) is 6.65. The standard InChI is InChI=1S/C13H24N2O3S/c1-3-7-14-11(16)9-19-8-6-13(2,12(17)18)15-10-4-5-10/h10,15H,3-9H2,1-2H3,(H,14,16)(H,17,18). The van der Waals surface area contributed by atoms with Crippen LogP contribution in [0.4, 0.5) is 0 Å². The molecule has 0 aromatic rings. The molecule has 0 saturated heterocycles. The summed E-state index contributed by atoms with van der Waals surface area (Å²) in [6.45, 7) is 4.44. The summed E-state index contributed by atoms with van der Waals surface area (Å²) in [6, 6.07) is 0.360. The molecule has 0 aromatic carbocycles. The van der Waals surface area contributed by atoms with Gasteiger partial charge in [0.15, 0.2) is 0 Å². The van der Waals surface area contributed by atoms with E-state index in [2.05, 4.69) is 10.6 Å². The Labute approximate surface area is 118 Å². The van der Waals surface area contributed by atoms with E-state index in [1.54, 1.807) is 6.92 Å². The molecule has 1 atom stereocenters. The summed E-state index contributed by atoms with van der Waals surface area (Å²) in [5.41, 5.74) is -0.867. The third-order valence-corrected chi connectivity index (χ3v) is 4.08. The number of thioether (sulfide) groups is 1. The second-order valence-electron chi connectivity index (χ2n) is 5.21. The number of hydrogen-bond acceptors (Lipinski definition) is 4. The van der Waals surface area contributed by atoms with Crippen LogP contribution >= 0.6 is 11.8 Å². The first-order valence-corrected chi connectivity index (χ1v) is 7.99. The number of carbonyl (C=O) groups is 2. The average molecular weight is 288 g/mol. The van der Waals surface area contributed by atoms with Gasteiger partial charge < -0.3 is 10.4 Å². The Morgan fingerprint density at radius 2 is 2.11 bits per heavy atom. The van der Waals surface area contributed by atoms with Gasteiger partial charge in [0.1, 0.15) is 5.54 Å². The van der Waals surface area contributed by atoms with Crippen LogP contribution in [0.25, 0.3) is 0 Å². The van der Waals surface area contributed by atoms with E-state index < -0.39 is 11.5 Å². The van der Waals surface area contributed by atoms with Crippen molar-refractivity contribution in [3.05, 3.63) is 0 Å². The molecule has 3 N–H and O–H groups in total. The molecule has 0 heterocycles. The summed E-state index contributed by atoms with van der Waals surface area (Å²) in [7, 11) is 0. The van der Waals surface area contributed by atoms with Crippen LogP contribution in [0.3, 0.4) is 0 Å². The minimum Gasteiger partial charge on any atom is -0.480 e. The summed E-state index contributed by atoms with van der Waals surface area (Å²) < 4.78 is 0. The van der Waals surface area contributed by atoms with E-state index in [0.29, 0.717) is 30.5 Å². The van der Waals surface area contributed by atoms with Gasteiger partial charge in [-0.25, -0.2) is 0 Å². The Hall–Kier alpha value is -0.750. The van der Waals surface area contributed by atoms with E-state index in [1.165, 1.54) is 11.8 Å². The number of nitrogens with one attached hydrogen (secondary N) is 2. The summed E-state index contributed by atoms with van der Waals surface area (Å²) >= 11 is 1.49. The van der Waals surface area contributed by atoms with Crippen molar-refractivity contribution < 1.29 is 14.7 Å². The summed E-state index contributed by atoms with van der Waals surface area (Å²) in [5.74, 6) is 0.288. The van der Waals surface area contributed by atoms with Gasteiger partial charge in [-0.1, -0.05) is 6.92 Å². The lowest BCUT2D eigenvalue weighted by atomic mass is 9.99. The zero-order chi connectivity index (χ0) is 14.3. The quantitative estimate of drug-likeness (QED) is 0.527. The van der Waals surface area contributed by atoms with E-state index in [0.717, 1.165) is 19.3 Å². The molecule has 0 aromatic heterocycles. The predicted octanol–water partition coefficient (Wildman–Crippen LogP) is 1.23. The summed E-state index contributed by atoms with van der Waals surface area (Å²) in [4.78, 5) is 22.7. The maximum absolute atomic E-state index is 11.4. The third kappa shape index (κ3) is 6.29. The van der Waals surface area contributed by atoms with Gasteiger partial charge in [0, 0.05) is 12.6 Å². The molecule has 0 aliphatic heterocycles. The Balaban J connectivity index is 2.21. The van der Waals surface area contributed by atoms with Crippen LogP contribution in [0.15, 0.2) is 0 Å². The number of amides is 1. The van der Waals surface area contributed by atoms with Crippen molar-refractivity contribution in [3.63, 3.8) is 0 Å². The Morgan fingerprint density at radius 1 is 1.42 bits per heavy atom. The molecule has 0 bridgehead atoms. The largest absolute Gasteiger partial charge is 0.480 e. The second kappa shape index (κ2) is 7.75. The molecule has 1 fully saturated rings. The van der Waals surface area contributed by atoms with Gasteiger partial charge in [0.25, 0.3) is 0 Å². The monoisotopic (exact) mass is 288 g/mol.